The maximum absolute atomic E-state index is 12.5. The molecule has 0 aliphatic rings. The molecule has 9 nitrogen and oxygen atoms in total. The van der Waals surface area contributed by atoms with Crippen molar-refractivity contribution in [2.24, 2.45) is 0 Å². The second-order valence-corrected chi connectivity index (χ2v) is 6.51. The zero-order valence-corrected chi connectivity index (χ0v) is 15.9. The minimum atomic E-state index is -0.349. The third kappa shape index (κ3) is 3.85. The minimum Gasteiger partial charge on any atom is -0.383 e. The van der Waals surface area contributed by atoms with Gasteiger partial charge in [-0.3, -0.25) is 9.59 Å². The number of ether oxygens (including phenoxy) is 1. The van der Waals surface area contributed by atoms with Crippen molar-refractivity contribution in [3.05, 3.63) is 64.7 Å². The van der Waals surface area contributed by atoms with E-state index in [1.54, 1.807) is 31.4 Å². The fourth-order valence-electron chi connectivity index (χ4n) is 3.19. The van der Waals surface area contributed by atoms with Crippen molar-refractivity contribution in [2.45, 2.75) is 19.6 Å². The first-order valence-electron chi connectivity index (χ1n) is 9.19. The van der Waals surface area contributed by atoms with E-state index in [9.17, 15) is 9.59 Å². The van der Waals surface area contributed by atoms with Crippen LogP contribution >= 0.6 is 0 Å². The number of carbonyl (C=O) groups is 1. The average Bonchev–Trinajstić information content (AvgIpc) is 3.10. The first-order chi connectivity index (χ1) is 14.2. The molecule has 0 aliphatic heterocycles. The van der Waals surface area contributed by atoms with E-state index < -0.39 is 0 Å². The number of fused-ring (bicyclic) bond motifs is 2. The van der Waals surface area contributed by atoms with Gasteiger partial charge in [-0.2, -0.15) is 0 Å². The van der Waals surface area contributed by atoms with Crippen LogP contribution in [0, 0.1) is 0 Å². The maximum Gasteiger partial charge on any atom is 0.278 e. The molecule has 0 spiro atoms. The van der Waals surface area contributed by atoms with E-state index >= 15 is 0 Å². The summed E-state index contributed by atoms with van der Waals surface area (Å²) in [5.41, 5.74) is 1.98. The third-order valence-corrected chi connectivity index (χ3v) is 4.62. The van der Waals surface area contributed by atoms with Crippen molar-refractivity contribution in [2.75, 3.05) is 13.7 Å². The summed E-state index contributed by atoms with van der Waals surface area (Å²) >= 11 is 0. The predicted octanol–water partition coefficient (Wildman–Crippen LogP) is 1.10. The van der Waals surface area contributed by atoms with Crippen molar-refractivity contribution >= 4 is 27.8 Å². The number of nitrogens with zero attached hydrogens (tertiary/aromatic N) is 5. The Hall–Kier alpha value is -3.59. The Kier molecular flexibility index (Phi) is 5.30. The summed E-state index contributed by atoms with van der Waals surface area (Å²) in [6.07, 6.45) is 0. The summed E-state index contributed by atoms with van der Waals surface area (Å²) in [5, 5.41) is 11.1. The number of hydrogen-bond acceptors (Lipinski definition) is 6. The highest BCUT2D eigenvalue weighted by molar-refractivity contribution is 5.79. The van der Waals surface area contributed by atoms with E-state index in [2.05, 4.69) is 20.6 Å². The molecule has 0 saturated carbocycles. The second kappa shape index (κ2) is 8.19. The molecule has 1 N–H and O–H groups in total. The van der Waals surface area contributed by atoms with Gasteiger partial charge in [-0.05, 0) is 24.3 Å². The van der Waals surface area contributed by atoms with Gasteiger partial charge in [-0.25, -0.2) is 9.67 Å². The lowest BCUT2D eigenvalue weighted by molar-refractivity contribution is -0.122. The van der Waals surface area contributed by atoms with Gasteiger partial charge in [0.25, 0.3) is 5.56 Å². The third-order valence-electron chi connectivity index (χ3n) is 4.62. The van der Waals surface area contributed by atoms with Crippen LogP contribution in [0.2, 0.25) is 0 Å². The lowest BCUT2D eigenvalue weighted by atomic mass is 10.2. The summed E-state index contributed by atoms with van der Waals surface area (Å²) in [6.45, 7) is 1.17. The minimum absolute atomic E-state index is 0.213. The Balaban J connectivity index is 1.50. The van der Waals surface area contributed by atoms with E-state index in [1.165, 1.54) is 0 Å². The van der Waals surface area contributed by atoms with Crippen LogP contribution in [0.25, 0.3) is 21.9 Å². The highest BCUT2D eigenvalue weighted by Crippen LogP contribution is 2.16. The molecule has 1 amide bonds. The number of rotatable bonds is 7. The molecule has 0 bridgehead atoms. The van der Waals surface area contributed by atoms with Crippen molar-refractivity contribution in [1.29, 1.82) is 0 Å². The molecule has 0 radical (unpaired) electrons. The summed E-state index contributed by atoms with van der Waals surface area (Å²) < 4.78 is 8.26. The fraction of sp³-hybridized carbons (Fsp3) is 0.250. The summed E-state index contributed by atoms with van der Waals surface area (Å²) in [6, 6.07) is 14.7. The molecule has 2 heterocycles. The summed E-state index contributed by atoms with van der Waals surface area (Å²) in [7, 11) is 1.64. The molecule has 4 rings (SSSR count). The smallest absolute Gasteiger partial charge is 0.278 e. The Labute approximate surface area is 165 Å². The van der Waals surface area contributed by atoms with E-state index in [0.717, 1.165) is 15.7 Å². The lowest BCUT2D eigenvalue weighted by Gasteiger charge is -2.10. The van der Waals surface area contributed by atoms with Crippen LogP contribution in [-0.2, 0) is 29.2 Å². The largest absolute Gasteiger partial charge is 0.383 e. The normalized spacial score (nSPS) is 11.2. The van der Waals surface area contributed by atoms with Crippen LogP contribution in [0.15, 0.2) is 53.3 Å². The Bertz CT molecular complexity index is 1230. The second-order valence-electron chi connectivity index (χ2n) is 6.51. The van der Waals surface area contributed by atoms with Crippen molar-refractivity contribution < 1.29 is 9.53 Å². The number of nitrogens with one attached hydrogen (secondary N) is 1. The number of benzene rings is 2. The lowest BCUT2D eigenvalue weighted by Crippen LogP contribution is -2.34. The predicted molar refractivity (Wildman–Crippen MR) is 107 cm³/mol. The quantitative estimate of drug-likeness (QED) is 0.505. The van der Waals surface area contributed by atoms with Gasteiger partial charge < -0.3 is 14.6 Å². The van der Waals surface area contributed by atoms with Crippen molar-refractivity contribution in [3.8, 4) is 0 Å². The highest BCUT2D eigenvalue weighted by Gasteiger charge is 2.13. The molecule has 4 aromatic rings. The summed E-state index contributed by atoms with van der Waals surface area (Å²) in [4.78, 5) is 29.5. The molecule has 2 aromatic heterocycles. The highest BCUT2D eigenvalue weighted by atomic mass is 16.5. The standard InChI is InChI=1S/C20H20N6O3/c1-29-11-10-25-17-9-5-4-8-16(17)22-18(25)12-21-19(27)13-26-20(28)14-6-2-3-7-15(14)23-24-26/h2-9H,10-13H2,1H3,(H,21,27). The van der Waals surface area contributed by atoms with Crippen LogP contribution in [0.1, 0.15) is 5.82 Å². The van der Waals surface area contributed by atoms with Crippen LogP contribution in [0.5, 0.6) is 0 Å². The Morgan fingerprint density at radius 2 is 1.86 bits per heavy atom. The molecule has 0 aliphatic carbocycles. The molecular weight excluding hydrogens is 372 g/mol. The van der Waals surface area contributed by atoms with Gasteiger partial charge in [-0.15, -0.1) is 5.10 Å². The van der Waals surface area contributed by atoms with Gasteiger partial charge in [0.1, 0.15) is 17.9 Å². The van der Waals surface area contributed by atoms with Gasteiger partial charge in [0.05, 0.1) is 29.6 Å². The van der Waals surface area contributed by atoms with Gasteiger partial charge in [0.2, 0.25) is 5.91 Å². The van der Waals surface area contributed by atoms with E-state index in [0.29, 0.717) is 29.9 Å². The van der Waals surface area contributed by atoms with E-state index in [1.807, 2.05) is 28.8 Å². The number of carbonyl (C=O) groups excluding carboxylic acids is 1. The Morgan fingerprint density at radius 3 is 2.69 bits per heavy atom. The Morgan fingerprint density at radius 1 is 1.10 bits per heavy atom. The molecule has 0 unspecified atom stereocenters. The topological polar surface area (TPSA) is 104 Å². The molecule has 2 aromatic carbocycles. The van der Waals surface area contributed by atoms with Gasteiger partial charge in [-0.1, -0.05) is 29.5 Å². The van der Waals surface area contributed by atoms with Gasteiger partial charge in [0, 0.05) is 13.7 Å². The average molecular weight is 392 g/mol. The zero-order chi connectivity index (χ0) is 20.2. The van der Waals surface area contributed by atoms with E-state index in [4.69, 9.17) is 4.74 Å². The molecule has 148 valence electrons. The fourth-order valence-corrected chi connectivity index (χ4v) is 3.19. The maximum atomic E-state index is 12.5. The van der Waals surface area contributed by atoms with E-state index in [-0.39, 0.29) is 24.6 Å². The van der Waals surface area contributed by atoms with Crippen LogP contribution in [0.3, 0.4) is 0 Å². The van der Waals surface area contributed by atoms with Crippen LogP contribution in [-0.4, -0.2) is 44.2 Å². The molecule has 0 fully saturated rings. The first kappa shape index (κ1) is 18.8. The van der Waals surface area contributed by atoms with Gasteiger partial charge in [0.15, 0.2) is 0 Å². The number of imidazole rings is 1. The molecule has 9 heteroatoms. The first-order valence-corrected chi connectivity index (χ1v) is 9.19. The van der Waals surface area contributed by atoms with Crippen LogP contribution < -0.4 is 10.9 Å². The number of hydrogen-bond donors (Lipinski definition) is 1. The molecule has 0 saturated heterocycles. The van der Waals surface area contributed by atoms with Crippen molar-refractivity contribution in [1.82, 2.24) is 29.9 Å². The van der Waals surface area contributed by atoms with Crippen LogP contribution in [0.4, 0.5) is 0 Å². The number of aromatic nitrogens is 5. The molecule has 29 heavy (non-hydrogen) atoms. The number of amides is 1. The number of para-hydroxylation sites is 2. The summed E-state index contributed by atoms with van der Waals surface area (Å²) in [5.74, 6) is 0.371. The molecular formula is C20H20N6O3. The number of methoxy groups -OCH3 is 1. The SMILES string of the molecule is COCCn1c(CNC(=O)Cn2nnc3ccccc3c2=O)nc2ccccc21. The zero-order valence-electron chi connectivity index (χ0n) is 15.9. The monoisotopic (exact) mass is 392 g/mol. The van der Waals surface area contributed by atoms with Crippen molar-refractivity contribution in [3.63, 3.8) is 0 Å². The van der Waals surface area contributed by atoms with Gasteiger partial charge >= 0.3 is 0 Å². The molecule has 0 atom stereocenters.